The van der Waals surface area contributed by atoms with Crippen LogP contribution in [0.5, 0.6) is 0 Å². The smallest absolute Gasteiger partial charge is 0.160 e. The first-order valence-corrected chi connectivity index (χ1v) is 18.3. The molecule has 10 rings (SSSR count). The molecule has 252 valence electrons. The highest BCUT2D eigenvalue weighted by Gasteiger charge is 2.16. The Morgan fingerprint density at radius 3 is 1.54 bits per heavy atom. The summed E-state index contributed by atoms with van der Waals surface area (Å²) in [5.41, 5.74) is 12.4. The summed E-state index contributed by atoms with van der Waals surface area (Å²) in [4.78, 5) is 15.6. The maximum Gasteiger partial charge on any atom is 0.160 e. The lowest BCUT2D eigenvalue weighted by molar-refractivity contribution is 1.18. The zero-order valence-corrected chi connectivity index (χ0v) is 29.4. The van der Waals surface area contributed by atoms with Crippen LogP contribution in [0.4, 0.5) is 0 Å². The Kier molecular flexibility index (Phi) is 7.81. The van der Waals surface area contributed by atoms with Crippen LogP contribution in [-0.2, 0) is 0 Å². The van der Waals surface area contributed by atoms with Gasteiger partial charge in [0.2, 0.25) is 0 Å². The highest BCUT2D eigenvalue weighted by Crippen LogP contribution is 2.38. The van der Waals surface area contributed by atoms with E-state index in [4.69, 9.17) is 15.0 Å². The van der Waals surface area contributed by atoms with Crippen molar-refractivity contribution in [3.8, 4) is 67.4 Å². The van der Waals surface area contributed by atoms with Gasteiger partial charge in [-0.25, -0.2) is 15.0 Å². The number of nitrogens with zero attached hydrogens (tertiary/aromatic N) is 3. The van der Waals surface area contributed by atoms with Gasteiger partial charge in [0.1, 0.15) is 0 Å². The minimum Gasteiger partial charge on any atom is -0.247 e. The van der Waals surface area contributed by atoms with Gasteiger partial charge in [0, 0.05) is 38.4 Å². The largest absolute Gasteiger partial charge is 0.247 e. The molecule has 2 heterocycles. The average molecular weight is 688 g/mol. The highest BCUT2D eigenvalue weighted by atomic mass is 14.9. The molecule has 0 atom stereocenters. The van der Waals surface area contributed by atoms with E-state index in [1.807, 2.05) is 12.1 Å². The fraction of sp³-hybridized carbons (Fsp3) is 0. The molecule has 0 fully saturated rings. The molecule has 0 spiro atoms. The van der Waals surface area contributed by atoms with E-state index >= 15 is 0 Å². The van der Waals surface area contributed by atoms with Crippen LogP contribution in [0.25, 0.3) is 99.9 Å². The van der Waals surface area contributed by atoms with Crippen LogP contribution < -0.4 is 0 Å². The second-order valence-corrected chi connectivity index (χ2v) is 13.6. The van der Waals surface area contributed by atoms with E-state index in [0.717, 1.165) is 66.9 Å². The van der Waals surface area contributed by atoms with E-state index in [2.05, 4.69) is 188 Å². The molecular formula is C51H33N3. The van der Waals surface area contributed by atoms with Crippen molar-refractivity contribution in [2.75, 3.05) is 0 Å². The molecule has 0 N–H and O–H groups in total. The van der Waals surface area contributed by atoms with Gasteiger partial charge in [0.05, 0.1) is 22.6 Å². The van der Waals surface area contributed by atoms with Crippen molar-refractivity contribution in [1.82, 2.24) is 15.0 Å². The normalized spacial score (nSPS) is 11.3. The zero-order chi connectivity index (χ0) is 35.8. The second kappa shape index (κ2) is 13.4. The number of benzene rings is 8. The van der Waals surface area contributed by atoms with Crippen LogP contribution in [0.2, 0.25) is 0 Å². The first kappa shape index (κ1) is 31.5. The fourth-order valence-corrected chi connectivity index (χ4v) is 7.57. The minimum absolute atomic E-state index is 0.684. The molecule has 2 aromatic heterocycles. The SMILES string of the molecule is c1ccc(-c2cccc(-c3cc(-c4ccc(-c5nc6ccccc6c6c5ccc5ccccc56)cc4)nc(-c4cccc(-c5ccccc5)c4)n3)c2)cc1. The molecule has 0 radical (unpaired) electrons. The topological polar surface area (TPSA) is 38.7 Å². The molecule has 3 nitrogen and oxygen atoms in total. The minimum atomic E-state index is 0.684. The molecule has 0 amide bonds. The molecule has 0 bridgehead atoms. The third-order valence-electron chi connectivity index (χ3n) is 10.3. The molecule has 0 aliphatic rings. The Morgan fingerprint density at radius 1 is 0.278 bits per heavy atom. The highest BCUT2D eigenvalue weighted by molar-refractivity contribution is 6.22. The average Bonchev–Trinajstić information content (AvgIpc) is 3.26. The predicted molar refractivity (Wildman–Crippen MR) is 225 cm³/mol. The number of hydrogen-bond acceptors (Lipinski definition) is 3. The van der Waals surface area contributed by atoms with E-state index < -0.39 is 0 Å². The van der Waals surface area contributed by atoms with Crippen molar-refractivity contribution in [3.63, 3.8) is 0 Å². The Balaban J connectivity index is 1.11. The molecule has 0 unspecified atom stereocenters. The van der Waals surface area contributed by atoms with Gasteiger partial charge in [-0.3, -0.25) is 0 Å². The number of pyridine rings is 1. The number of hydrogen-bond donors (Lipinski definition) is 0. The van der Waals surface area contributed by atoms with Crippen molar-refractivity contribution in [3.05, 3.63) is 200 Å². The molecule has 3 heteroatoms. The quantitative estimate of drug-likeness (QED) is 0.163. The monoisotopic (exact) mass is 687 g/mol. The van der Waals surface area contributed by atoms with Gasteiger partial charge in [0.25, 0.3) is 0 Å². The maximum absolute atomic E-state index is 5.23. The molecule has 0 aliphatic heterocycles. The van der Waals surface area contributed by atoms with Gasteiger partial charge in [0.15, 0.2) is 5.82 Å². The summed E-state index contributed by atoms with van der Waals surface area (Å²) in [5.74, 6) is 0.684. The predicted octanol–water partition coefficient (Wildman–Crippen LogP) is 13.3. The van der Waals surface area contributed by atoms with Gasteiger partial charge in [-0.2, -0.15) is 0 Å². The van der Waals surface area contributed by atoms with Crippen LogP contribution in [0, 0.1) is 0 Å². The number of para-hydroxylation sites is 1. The van der Waals surface area contributed by atoms with Crippen molar-refractivity contribution < 1.29 is 0 Å². The van der Waals surface area contributed by atoms with E-state index in [9.17, 15) is 0 Å². The fourth-order valence-electron chi connectivity index (χ4n) is 7.57. The van der Waals surface area contributed by atoms with Crippen LogP contribution in [0.3, 0.4) is 0 Å². The summed E-state index contributed by atoms with van der Waals surface area (Å²) >= 11 is 0. The molecule has 0 saturated carbocycles. The first-order chi connectivity index (χ1) is 26.7. The standard InChI is InChI=1S/C51H33N3/c1-3-13-34(14-4-1)39-18-11-20-41(31-39)48-33-47(53-51(54-48)42-21-12-19-40(32-42)35-15-5-2-6-16-35)37-25-27-38(28-26-37)50-45-30-29-36-17-7-8-22-43(36)49(45)44-23-9-10-24-46(44)52-50/h1-33H. The second-order valence-electron chi connectivity index (χ2n) is 13.6. The lowest BCUT2D eigenvalue weighted by Gasteiger charge is -2.14. The maximum atomic E-state index is 5.23. The van der Waals surface area contributed by atoms with Gasteiger partial charge >= 0.3 is 0 Å². The Morgan fingerprint density at radius 2 is 0.815 bits per heavy atom. The van der Waals surface area contributed by atoms with Crippen molar-refractivity contribution in [2.24, 2.45) is 0 Å². The molecule has 0 saturated heterocycles. The van der Waals surface area contributed by atoms with Crippen molar-refractivity contribution >= 4 is 32.4 Å². The van der Waals surface area contributed by atoms with E-state index in [-0.39, 0.29) is 0 Å². The van der Waals surface area contributed by atoms with Gasteiger partial charge < -0.3 is 0 Å². The van der Waals surface area contributed by atoms with E-state index in [1.54, 1.807) is 0 Å². The van der Waals surface area contributed by atoms with Gasteiger partial charge in [-0.05, 0) is 57.3 Å². The zero-order valence-electron chi connectivity index (χ0n) is 29.4. The van der Waals surface area contributed by atoms with Crippen LogP contribution in [-0.4, -0.2) is 15.0 Å². The third kappa shape index (κ3) is 5.78. The van der Waals surface area contributed by atoms with Crippen LogP contribution in [0.15, 0.2) is 200 Å². The molecule has 0 aliphatic carbocycles. The van der Waals surface area contributed by atoms with Crippen molar-refractivity contribution in [1.29, 1.82) is 0 Å². The summed E-state index contributed by atoms with van der Waals surface area (Å²) in [6.07, 6.45) is 0. The number of aromatic nitrogens is 3. The van der Waals surface area contributed by atoms with Crippen molar-refractivity contribution in [2.45, 2.75) is 0 Å². The van der Waals surface area contributed by atoms with Gasteiger partial charge in [-0.15, -0.1) is 0 Å². The van der Waals surface area contributed by atoms with Crippen LogP contribution >= 0.6 is 0 Å². The number of fused-ring (bicyclic) bond motifs is 5. The Bertz CT molecular complexity index is 2850. The van der Waals surface area contributed by atoms with Crippen LogP contribution in [0.1, 0.15) is 0 Å². The lowest BCUT2D eigenvalue weighted by Crippen LogP contribution is -1.97. The first-order valence-electron chi connectivity index (χ1n) is 18.3. The Labute approximate surface area is 313 Å². The summed E-state index contributed by atoms with van der Waals surface area (Å²) in [6.45, 7) is 0. The summed E-state index contributed by atoms with van der Waals surface area (Å²) in [5, 5.41) is 6.00. The van der Waals surface area contributed by atoms with Gasteiger partial charge in [-0.1, -0.05) is 176 Å². The molecular weight excluding hydrogens is 655 g/mol. The third-order valence-corrected chi connectivity index (χ3v) is 10.3. The Hall–Kier alpha value is -7.23. The molecule has 10 aromatic rings. The lowest BCUT2D eigenvalue weighted by atomic mass is 9.95. The summed E-state index contributed by atoms with van der Waals surface area (Å²) in [6, 6.07) is 70.3. The van der Waals surface area contributed by atoms with E-state index in [1.165, 1.54) is 27.1 Å². The number of rotatable bonds is 6. The molecule has 8 aromatic carbocycles. The van der Waals surface area contributed by atoms with E-state index in [0.29, 0.717) is 5.82 Å². The molecule has 54 heavy (non-hydrogen) atoms. The summed E-state index contributed by atoms with van der Waals surface area (Å²) in [7, 11) is 0. The summed E-state index contributed by atoms with van der Waals surface area (Å²) < 4.78 is 0.